The maximum absolute atomic E-state index is 5.21. The average Bonchev–Trinajstić information content (AvgIpc) is 0.775. The molecule has 11 aromatic carbocycles. The van der Waals surface area contributed by atoms with Crippen molar-refractivity contribution in [1.29, 1.82) is 0 Å². The number of fused-ring (bicyclic) bond motifs is 12. The first-order valence-electron chi connectivity index (χ1n) is 35.4. The lowest BCUT2D eigenvalue weighted by atomic mass is 9.99. The normalized spacial score (nSPS) is 11.6. The summed E-state index contributed by atoms with van der Waals surface area (Å²) in [4.78, 5) is 49.7. The first-order chi connectivity index (χ1) is 52.4. The van der Waals surface area contributed by atoms with E-state index in [1.165, 1.54) is 0 Å². The second-order valence-corrected chi connectivity index (χ2v) is 26.7. The molecule has 10 aromatic heterocycles. The Kier molecular flexibility index (Phi) is 15.0. The highest BCUT2D eigenvalue weighted by Crippen LogP contribution is 2.37. The van der Waals surface area contributed by atoms with Crippen LogP contribution in [0.15, 0.2) is 352 Å². The fourth-order valence-electron chi connectivity index (χ4n) is 14.7. The van der Waals surface area contributed by atoms with E-state index in [1.807, 2.05) is 55.0 Å². The average molecular weight is 1350 g/mol. The van der Waals surface area contributed by atoms with Crippen LogP contribution in [0.5, 0.6) is 0 Å². The van der Waals surface area contributed by atoms with Crippen molar-refractivity contribution in [3.63, 3.8) is 0 Å². The fraction of sp³-hybridized carbons (Fsp3) is 0. The van der Waals surface area contributed by atoms with E-state index in [2.05, 4.69) is 312 Å². The molecule has 10 heterocycles. The fourth-order valence-corrected chi connectivity index (χ4v) is 14.7. The summed E-state index contributed by atoms with van der Waals surface area (Å²) in [6, 6.07) is 116. The van der Waals surface area contributed by atoms with Gasteiger partial charge in [0.05, 0.1) is 95.0 Å². The molecule has 0 aliphatic rings. The molecular formula is C96H58N10. The quantitative estimate of drug-likeness (QED) is 0.129. The zero-order valence-electron chi connectivity index (χ0n) is 57.0. The van der Waals surface area contributed by atoms with Crippen LogP contribution < -0.4 is 0 Å². The molecule has 0 N–H and O–H groups in total. The third-order valence-electron chi connectivity index (χ3n) is 20.2. The monoisotopic (exact) mass is 1350 g/mol. The van der Waals surface area contributed by atoms with Gasteiger partial charge in [-0.1, -0.05) is 243 Å². The topological polar surface area (TPSA) is 129 Å². The van der Waals surface area contributed by atoms with E-state index in [0.29, 0.717) is 0 Å². The minimum Gasteiger partial charge on any atom is -0.256 e. The zero-order valence-corrected chi connectivity index (χ0v) is 57.0. The molecule has 0 saturated heterocycles. The summed E-state index contributed by atoms with van der Waals surface area (Å²) < 4.78 is 0. The third-order valence-corrected chi connectivity index (χ3v) is 20.2. The van der Waals surface area contributed by atoms with Gasteiger partial charge in [-0.05, 0) is 113 Å². The summed E-state index contributed by atoms with van der Waals surface area (Å²) >= 11 is 0. The summed E-state index contributed by atoms with van der Waals surface area (Å²) in [7, 11) is 0. The molecule has 0 bridgehead atoms. The van der Waals surface area contributed by atoms with Gasteiger partial charge >= 0.3 is 0 Å². The lowest BCUT2D eigenvalue weighted by molar-refractivity contribution is 1.36. The van der Waals surface area contributed by atoms with Gasteiger partial charge in [0.15, 0.2) is 0 Å². The lowest BCUT2D eigenvalue weighted by Crippen LogP contribution is -1.91. The van der Waals surface area contributed by atoms with E-state index < -0.39 is 0 Å². The van der Waals surface area contributed by atoms with Gasteiger partial charge in [0, 0.05) is 111 Å². The number of hydrogen-bond donors (Lipinski definition) is 0. The Morgan fingerprint density at radius 1 is 0.142 bits per heavy atom. The minimum absolute atomic E-state index is 0.899. The highest BCUT2D eigenvalue weighted by atomic mass is 14.8. The molecule has 10 nitrogen and oxygen atoms in total. The first kappa shape index (κ1) is 61.4. The molecule has 0 saturated carbocycles. The molecule has 0 amide bonds. The number of aromatic nitrogens is 10. The highest BCUT2D eigenvalue weighted by molar-refractivity contribution is 6.06. The van der Waals surface area contributed by atoms with Gasteiger partial charge < -0.3 is 0 Å². The molecule has 0 unspecified atom stereocenters. The van der Waals surface area contributed by atoms with Crippen molar-refractivity contribution in [3.8, 4) is 101 Å². The molecule has 0 spiro atoms. The van der Waals surface area contributed by atoms with Gasteiger partial charge in [-0.3, -0.25) is 15.0 Å². The Bertz CT molecular complexity index is 7090. The number of benzene rings is 11. The van der Waals surface area contributed by atoms with Gasteiger partial charge in [0.1, 0.15) is 0 Å². The maximum Gasteiger partial charge on any atom is 0.0972 e. The summed E-state index contributed by atoms with van der Waals surface area (Å²) in [6.45, 7) is 0. The molecule has 0 aliphatic heterocycles. The van der Waals surface area contributed by atoms with Crippen molar-refractivity contribution in [1.82, 2.24) is 49.8 Å². The van der Waals surface area contributed by atoms with Crippen LogP contribution in [0, 0.1) is 0 Å². The van der Waals surface area contributed by atoms with E-state index in [-0.39, 0.29) is 0 Å². The first-order valence-corrected chi connectivity index (χ1v) is 35.4. The minimum atomic E-state index is 0.899. The van der Waals surface area contributed by atoms with Crippen LogP contribution in [0.4, 0.5) is 0 Å². The van der Waals surface area contributed by atoms with Crippen molar-refractivity contribution in [3.05, 3.63) is 352 Å². The Morgan fingerprint density at radius 3 is 0.906 bits per heavy atom. The van der Waals surface area contributed by atoms with E-state index >= 15 is 0 Å². The molecule has 0 aliphatic carbocycles. The van der Waals surface area contributed by atoms with Crippen LogP contribution in [0.25, 0.3) is 210 Å². The second kappa shape index (κ2) is 25.8. The zero-order chi connectivity index (χ0) is 70.0. The summed E-state index contributed by atoms with van der Waals surface area (Å²) in [5.74, 6) is 0. The van der Waals surface area contributed by atoms with Crippen LogP contribution in [0.2, 0.25) is 0 Å². The van der Waals surface area contributed by atoms with Crippen molar-refractivity contribution < 1.29 is 0 Å². The van der Waals surface area contributed by atoms with Crippen LogP contribution in [0.3, 0.4) is 0 Å². The van der Waals surface area contributed by atoms with E-state index in [0.717, 1.165) is 210 Å². The number of rotatable bonds is 9. The smallest absolute Gasteiger partial charge is 0.0972 e. The van der Waals surface area contributed by atoms with Gasteiger partial charge in [0.25, 0.3) is 0 Å². The van der Waals surface area contributed by atoms with E-state index in [4.69, 9.17) is 34.9 Å². The number of pyridine rings is 10. The highest BCUT2D eigenvalue weighted by Gasteiger charge is 2.16. The lowest BCUT2D eigenvalue weighted by Gasteiger charge is -2.10. The van der Waals surface area contributed by atoms with Gasteiger partial charge in [0.2, 0.25) is 0 Å². The van der Waals surface area contributed by atoms with Crippen LogP contribution in [-0.4, -0.2) is 49.8 Å². The SMILES string of the molecule is c1ccc(-c2ccc3ccc4ccc(-c5cccc(-c6ccc7ccc(-c8ccc9ccc(-c%10cccc%11cccnc%10%11)nc9c8)nc7c6)c5)nc4c3n2)cc1.c1cnc2c(-c3ccc4ccc(-c5ccc6ccc(-c7ccc(-c8ccc9ccc%10cccnc%10c9n8)cc7)cc6n5)cc4n3)cccc2c1. The largest absolute Gasteiger partial charge is 0.256 e. The molecule has 0 atom stereocenters. The number of nitrogens with zero attached hydrogens (tertiary/aromatic N) is 10. The third kappa shape index (κ3) is 11.4. The Morgan fingerprint density at radius 2 is 0.415 bits per heavy atom. The van der Waals surface area contributed by atoms with Crippen molar-refractivity contribution >= 4 is 109 Å². The molecule has 0 radical (unpaired) electrons. The summed E-state index contributed by atoms with van der Waals surface area (Å²) in [5, 5.41) is 10.9. The van der Waals surface area contributed by atoms with Crippen LogP contribution in [-0.2, 0) is 0 Å². The molecular weight excluding hydrogens is 1290 g/mol. The second-order valence-electron chi connectivity index (χ2n) is 26.7. The summed E-state index contributed by atoms with van der Waals surface area (Å²) in [6.07, 6.45) is 5.49. The molecule has 106 heavy (non-hydrogen) atoms. The molecule has 21 aromatic rings. The van der Waals surface area contributed by atoms with Crippen molar-refractivity contribution in [2.24, 2.45) is 0 Å². The Labute approximate surface area is 608 Å². The van der Waals surface area contributed by atoms with Crippen molar-refractivity contribution in [2.75, 3.05) is 0 Å². The molecule has 10 heteroatoms. The maximum atomic E-state index is 5.21. The van der Waals surface area contributed by atoms with Gasteiger partial charge in [-0.15, -0.1) is 0 Å². The van der Waals surface area contributed by atoms with Gasteiger partial charge in [-0.25, -0.2) is 34.9 Å². The summed E-state index contributed by atoms with van der Waals surface area (Å²) in [5.41, 5.74) is 27.4. The molecule has 0 fully saturated rings. The number of para-hydroxylation sites is 2. The van der Waals surface area contributed by atoms with E-state index in [9.17, 15) is 0 Å². The molecule has 492 valence electrons. The van der Waals surface area contributed by atoms with Crippen LogP contribution >= 0.6 is 0 Å². The van der Waals surface area contributed by atoms with Crippen LogP contribution in [0.1, 0.15) is 0 Å². The standard InChI is InChI=1S/C51H31N5.C45H27N5/c1-2-7-32(8-3-1)43-25-22-36-16-17-37-23-26-45(56-51(37)50(36)55-43)40-11-4-10-38(29-40)39-18-14-33-20-24-44(53-47(33)30-39)41-19-15-34-21-27-46(54-48(34)31-41)42-13-5-9-35-12-6-28-52-49(35)42;1-4-32-5-2-24-46-43(32)37(7-1)40-23-19-31-13-17-36(27-42(31)49-40)39-21-18-30-12-16-35(26-41(30)48-39)28-8-10-29(11-9-28)38-22-20-34-15-14-33-6-3-25-47-44(33)45(34)50-38/h1-31H;1-27H. The number of hydrogen-bond acceptors (Lipinski definition) is 10. The Balaban J connectivity index is 0.000000141. The van der Waals surface area contributed by atoms with E-state index in [1.54, 1.807) is 0 Å². The predicted octanol–water partition coefficient (Wildman–Crippen LogP) is 23.9. The predicted molar refractivity (Wildman–Crippen MR) is 435 cm³/mol. The van der Waals surface area contributed by atoms with Crippen molar-refractivity contribution in [2.45, 2.75) is 0 Å². The van der Waals surface area contributed by atoms with Gasteiger partial charge in [-0.2, -0.15) is 0 Å². The Hall–Kier alpha value is -14.5. The molecule has 21 rings (SSSR count).